The van der Waals surface area contributed by atoms with Gasteiger partial charge < -0.3 is 11.1 Å². The number of nitrogens with one attached hydrogen (secondary N) is 1. The van der Waals surface area contributed by atoms with Crippen molar-refractivity contribution in [2.75, 3.05) is 0 Å². The summed E-state index contributed by atoms with van der Waals surface area (Å²) >= 11 is 0. The third kappa shape index (κ3) is 3.60. The largest absolute Gasteiger partial charge is 0.349 e. The number of hydrogen-bond acceptors (Lipinski definition) is 2. The first-order chi connectivity index (χ1) is 10.9. The van der Waals surface area contributed by atoms with Crippen molar-refractivity contribution in [3.63, 3.8) is 0 Å². The van der Waals surface area contributed by atoms with Gasteiger partial charge >= 0.3 is 0 Å². The van der Waals surface area contributed by atoms with Gasteiger partial charge in [-0.1, -0.05) is 35.7 Å². The Morgan fingerprint density at radius 3 is 2.26 bits per heavy atom. The topological polar surface area (TPSA) is 55.1 Å². The minimum Gasteiger partial charge on any atom is -0.349 e. The molecular weight excluding hydrogens is 284 g/mol. The van der Waals surface area contributed by atoms with Gasteiger partial charge in [0, 0.05) is 12.0 Å². The van der Waals surface area contributed by atoms with E-state index in [4.69, 9.17) is 5.73 Å². The lowest BCUT2D eigenvalue weighted by molar-refractivity contribution is -0.128. The molecule has 2 saturated carbocycles. The van der Waals surface area contributed by atoms with E-state index in [0.29, 0.717) is 17.9 Å². The Morgan fingerprint density at radius 1 is 1.13 bits per heavy atom. The second-order valence-electron chi connectivity index (χ2n) is 7.85. The van der Waals surface area contributed by atoms with Gasteiger partial charge in [-0.2, -0.15) is 0 Å². The van der Waals surface area contributed by atoms with Crippen LogP contribution in [0.1, 0.15) is 61.8 Å². The molecule has 3 heteroatoms. The third-order valence-electron chi connectivity index (χ3n) is 5.89. The van der Waals surface area contributed by atoms with E-state index in [2.05, 4.69) is 44.3 Å². The van der Waals surface area contributed by atoms with Gasteiger partial charge in [-0.25, -0.2) is 0 Å². The third-order valence-corrected chi connectivity index (χ3v) is 5.89. The summed E-state index contributed by atoms with van der Waals surface area (Å²) in [5.41, 5.74) is 10.0. The highest BCUT2D eigenvalue weighted by Crippen LogP contribution is 2.42. The summed E-state index contributed by atoms with van der Waals surface area (Å²) in [6.07, 6.45) is 5.64. The van der Waals surface area contributed by atoms with Crippen LogP contribution < -0.4 is 11.1 Å². The average molecular weight is 314 g/mol. The van der Waals surface area contributed by atoms with Gasteiger partial charge in [0.25, 0.3) is 0 Å². The second kappa shape index (κ2) is 6.64. The van der Waals surface area contributed by atoms with Gasteiger partial charge in [0.05, 0.1) is 6.04 Å². The molecule has 0 radical (unpaired) electrons. The molecule has 3 N–H and O–H groups in total. The van der Waals surface area contributed by atoms with Gasteiger partial charge in [0.15, 0.2) is 0 Å². The number of hydrogen-bond donors (Lipinski definition) is 2. The lowest BCUT2D eigenvalue weighted by Crippen LogP contribution is -2.49. The van der Waals surface area contributed by atoms with Crippen LogP contribution in [-0.4, -0.2) is 11.9 Å². The second-order valence-corrected chi connectivity index (χ2v) is 7.85. The zero-order valence-corrected chi connectivity index (χ0v) is 14.6. The summed E-state index contributed by atoms with van der Waals surface area (Å²) in [6, 6.07) is 6.90. The molecule has 3 atom stereocenters. The first-order valence-electron chi connectivity index (χ1n) is 9.08. The van der Waals surface area contributed by atoms with E-state index >= 15 is 0 Å². The molecule has 2 aliphatic rings. The Bertz CT molecular complexity index is 549. The zero-order valence-electron chi connectivity index (χ0n) is 14.6. The van der Waals surface area contributed by atoms with Crippen molar-refractivity contribution in [3.8, 4) is 0 Å². The van der Waals surface area contributed by atoms with Gasteiger partial charge in [0.2, 0.25) is 5.91 Å². The summed E-state index contributed by atoms with van der Waals surface area (Å²) in [5.74, 6) is 1.48. The van der Waals surface area contributed by atoms with Crippen LogP contribution in [-0.2, 0) is 4.79 Å². The maximum atomic E-state index is 12.7. The van der Waals surface area contributed by atoms with Crippen molar-refractivity contribution >= 4 is 5.91 Å². The molecule has 0 heterocycles. The Labute approximate surface area is 140 Å². The molecule has 0 aromatic heterocycles. The normalized spacial score (nSPS) is 31.5. The SMILES string of the molecule is Cc1cc(C)cc(C(C)NC(=O)C2CC3CCCC(C2)C3N)c1. The van der Waals surface area contributed by atoms with Crippen LogP contribution in [0.15, 0.2) is 18.2 Å². The average Bonchev–Trinajstić information content (AvgIpc) is 2.45. The molecule has 126 valence electrons. The molecule has 1 aromatic rings. The molecule has 1 aromatic carbocycles. The van der Waals surface area contributed by atoms with E-state index in [9.17, 15) is 4.79 Å². The minimum atomic E-state index is 0.0662. The maximum Gasteiger partial charge on any atom is 0.223 e. The summed E-state index contributed by atoms with van der Waals surface area (Å²) in [4.78, 5) is 12.7. The van der Waals surface area contributed by atoms with Crippen LogP contribution >= 0.6 is 0 Å². The predicted octanol–water partition coefficient (Wildman–Crippen LogP) is 3.63. The number of aryl methyl sites for hydroxylation is 2. The van der Waals surface area contributed by atoms with Crippen LogP contribution in [0.5, 0.6) is 0 Å². The highest BCUT2D eigenvalue weighted by Gasteiger charge is 2.40. The molecular formula is C20H30N2O. The van der Waals surface area contributed by atoms with Crippen molar-refractivity contribution in [1.82, 2.24) is 5.32 Å². The fourth-order valence-corrected chi connectivity index (χ4v) is 4.68. The van der Waals surface area contributed by atoms with Crippen LogP contribution in [0.4, 0.5) is 0 Å². The molecule has 2 fully saturated rings. The van der Waals surface area contributed by atoms with E-state index < -0.39 is 0 Å². The van der Waals surface area contributed by atoms with E-state index in [0.717, 1.165) is 12.8 Å². The van der Waals surface area contributed by atoms with Crippen molar-refractivity contribution in [3.05, 3.63) is 34.9 Å². The smallest absolute Gasteiger partial charge is 0.223 e. The molecule has 2 bridgehead atoms. The van der Waals surface area contributed by atoms with Gasteiger partial charge in [-0.05, 0) is 63.9 Å². The van der Waals surface area contributed by atoms with Crippen LogP contribution in [0, 0.1) is 31.6 Å². The molecule has 1 amide bonds. The molecule has 3 unspecified atom stereocenters. The summed E-state index contributed by atoms with van der Waals surface area (Å²) in [7, 11) is 0. The predicted molar refractivity (Wildman–Crippen MR) is 94.0 cm³/mol. The number of carbonyl (C=O) groups is 1. The monoisotopic (exact) mass is 314 g/mol. The number of rotatable bonds is 3. The summed E-state index contributed by atoms with van der Waals surface area (Å²) < 4.78 is 0. The van der Waals surface area contributed by atoms with Crippen LogP contribution in [0.3, 0.4) is 0 Å². The van der Waals surface area contributed by atoms with Gasteiger partial charge in [-0.15, -0.1) is 0 Å². The van der Waals surface area contributed by atoms with Crippen molar-refractivity contribution in [2.45, 2.75) is 65.0 Å². The van der Waals surface area contributed by atoms with E-state index in [-0.39, 0.29) is 17.9 Å². The number of nitrogens with two attached hydrogens (primary N) is 1. The molecule has 23 heavy (non-hydrogen) atoms. The lowest BCUT2D eigenvalue weighted by atomic mass is 9.65. The minimum absolute atomic E-state index is 0.0662. The summed E-state index contributed by atoms with van der Waals surface area (Å²) in [6.45, 7) is 6.30. The molecule has 3 nitrogen and oxygen atoms in total. The highest BCUT2D eigenvalue weighted by atomic mass is 16.1. The lowest BCUT2D eigenvalue weighted by Gasteiger charge is -2.43. The van der Waals surface area contributed by atoms with Crippen LogP contribution in [0.25, 0.3) is 0 Å². The first kappa shape index (κ1) is 16.5. The summed E-state index contributed by atoms with van der Waals surface area (Å²) in [5, 5.41) is 3.24. The van der Waals surface area contributed by atoms with E-state index in [1.807, 2.05) is 0 Å². The Morgan fingerprint density at radius 2 is 1.70 bits per heavy atom. The standard InChI is InChI=1S/C20H30N2O/c1-12-7-13(2)9-17(8-12)14(3)22-20(23)18-10-15-5-4-6-16(11-18)19(15)21/h7-9,14-16,18-19H,4-6,10-11,21H2,1-3H3,(H,22,23). The van der Waals surface area contributed by atoms with Crippen molar-refractivity contribution in [1.29, 1.82) is 0 Å². The number of benzene rings is 1. The van der Waals surface area contributed by atoms with Gasteiger partial charge in [0.1, 0.15) is 0 Å². The van der Waals surface area contributed by atoms with E-state index in [1.54, 1.807) is 0 Å². The fourth-order valence-electron chi connectivity index (χ4n) is 4.68. The van der Waals surface area contributed by atoms with Crippen molar-refractivity contribution in [2.24, 2.45) is 23.5 Å². The maximum absolute atomic E-state index is 12.7. The Balaban J connectivity index is 1.64. The van der Waals surface area contributed by atoms with E-state index in [1.165, 1.54) is 36.0 Å². The van der Waals surface area contributed by atoms with Gasteiger partial charge in [-0.3, -0.25) is 4.79 Å². The molecule has 0 spiro atoms. The molecule has 0 saturated heterocycles. The number of carbonyl (C=O) groups excluding carboxylic acids is 1. The number of fused-ring (bicyclic) bond motifs is 2. The molecule has 2 aliphatic carbocycles. The van der Waals surface area contributed by atoms with Crippen molar-refractivity contribution < 1.29 is 4.79 Å². The molecule has 0 aliphatic heterocycles. The number of amides is 1. The zero-order chi connectivity index (χ0) is 16.6. The van der Waals surface area contributed by atoms with Crippen LogP contribution in [0.2, 0.25) is 0 Å². The Hall–Kier alpha value is -1.35. The first-order valence-corrected chi connectivity index (χ1v) is 9.08. The quantitative estimate of drug-likeness (QED) is 0.895. The molecule has 3 rings (SSSR count). The Kier molecular flexibility index (Phi) is 4.77. The fraction of sp³-hybridized carbons (Fsp3) is 0.650. The highest BCUT2D eigenvalue weighted by molar-refractivity contribution is 5.79.